The second-order valence-corrected chi connectivity index (χ2v) is 12.5. The van der Waals surface area contributed by atoms with Crippen LogP contribution in [0.1, 0.15) is 85.8 Å². The molecule has 1 aliphatic rings. The average molecular weight is 648 g/mol. The summed E-state index contributed by atoms with van der Waals surface area (Å²) in [6.45, 7) is 5.51. The highest BCUT2D eigenvalue weighted by molar-refractivity contribution is 5.75. The minimum atomic E-state index is -0.775. The molecule has 0 radical (unpaired) electrons. The van der Waals surface area contributed by atoms with Crippen molar-refractivity contribution in [2.45, 2.75) is 77.3 Å². The van der Waals surface area contributed by atoms with Crippen LogP contribution in [0.5, 0.6) is 5.75 Å². The lowest BCUT2D eigenvalue weighted by molar-refractivity contribution is -0.276. The molecule has 0 unspecified atom stereocenters. The summed E-state index contributed by atoms with van der Waals surface area (Å²) in [7, 11) is 1.94. The van der Waals surface area contributed by atoms with Crippen LogP contribution >= 0.6 is 0 Å². The monoisotopic (exact) mass is 647 g/mol. The van der Waals surface area contributed by atoms with Gasteiger partial charge in [-0.1, -0.05) is 74.0 Å². The van der Waals surface area contributed by atoms with Gasteiger partial charge in [-0.3, -0.25) is 9.59 Å². The number of unbranched alkanes of at least 4 members (excludes halogenated alkanes) is 2. The van der Waals surface area contributed by atoms with Gasteiger partial charge in [0.25, 0.3) is 0 Å². The molecule has 4 rings (SSSR count). The van der Waals surface area contributed by atoms with Gasteiger partial charge in [0.05, 0.1) is 24.9 Å². The van der Waals surface area contributed by atoms with E-state index in [1.165, 1.54) is 6.92 Å². The van der Waals surface area contributed by atoms with Crippen molar-refractivity contribution in [1.29, 1.82) is 0 Å². The Labute approximate surface area is 277 Å². The molecule has 1 heterocycles. The Balaban J connectivity index is 1.38. The van der Waals surface area contributed by atoms with E-state index in [0.29, 0.717) is 38.2 Å². The number of phenols is 1. The number of likely N-dealkylation sites (N-methyl/N-ethyl adjacent to an activating group) is 1. The first-order valence-corrected chi connectivity index (χ1v) is 16.4. The summed E-state index contributed by atoms with van der Waals surface area (Å²) in [4.78, 5) is 25.3. The number of phenolic OH excluding ortho intramolecular Hbond substituents is 1. The van der Waals surface area contributed by atoms with Gasteiger partial charge in [-0.15, -0.1) is 0 Å². The molecule has 0 spiro atoms. The number of nitrogens with one attached hydrogen (secondary N) is 2. The standard InChI is InChI=1S/C37H49N3O7/c1-25-34(23-40(3)22-33(44)31-8-7-9-32(43)20-31)46-37(47-36(25)29-15-13-28(24-41)14-16-29)30-17-11-27(12-18-30)21-39-35(45)10-5-4-6-19-38-26(2)42/h7-9,11-18,20,25,33-34,36-37,41,43-44H,4-6,10,19,21-24H2,1-3H3,(H,38,42)(H,39,45)/t25-,33-,34+,36+,37+/m1/s1. The van der Waals surface area contributed by atoms with Gasteiger partial charge in [-0.2, -0.15) is 0 Å². The van der Waals surface area contributed by atoms with Crippen LogP contribution in [-0.4, -0.2) is 64.8 Å². The zero-order valence-electron chi connectivity index (χ0n) is 27.6. The van der Waals surface area contributed by atoms with Crippen molar-refractivity contribution in [3.63, 3.8) is 0 Å². The molecule has 5 N–H and O–H groups in total. The van der Waals surface area contributed by atoms with E-state index in [2.05, 4.69) is 17.6 Å². The molecule has 0 saturated carbocycles. The number of aliphatic hydroxyl groups is 2. The van der Waals surface area contributed by atoms with Crippen LogP contribution in [0.15, 0.2) is 72.8 Å². The van der Waals surface area contributed by atoms with Crippen molar-refractivity contribution in [2.24, 2.45) is 5.92 Å². The molecule has 0 aliphatic carbocycles. The second kappa shape index (κ2) is 17.9. The van der Waals surface area contributed by atoms with Crippen LogP contribution in [0.4, 0.5) is 0 Å². The lowest BCUT2D eigenvalue weighted by Crippen LogP contribution is -2.44. The van der Waals surface area contributed by atoms with Gasteiger partial charge in [0.2, 0.25) is 11.8 Å². The molecule has 3 aromatic rings. The molecular weight excluding hydrogens is 598 g/mol. The SMILES string of the molecule is CC(=O)NCCCCCC(=O)NCc1ccc([C@H]2O[C@@H](CN(C)C[C@@H](O)c3cccc(O)c3)[C@@H](C)[C@@H](c3ccc(CO)cc3)O2)cc1. The van der Waals surface area contributed by atoms with Gasteiger partial charge >= 0.3 is 0 Å². The Morgan fingerprint density at radius 2 is 1.62 bits per heavy atom. The van der Waals surface area contributed by atoms with Gasteiger partial charge in [-0.05, 0) is 54.3 Å². The van der Waals surface area contributed by atoms with E-state index in [-0.39, 0.29) is 42.3 Å². The summed E-state index contributed by atoms with van der Waals surface area (Å²) < 4.78 is 13.1. The van der Waals surface area contributed by atoms with Crippen molar-refractivity contribution in [2.75, 3.05) is 26.7 Å². The number of ether oxygens (including phenoxy) is 2. The topological polar surface area (TPSA) is 141 Å². The number of benzene rings is 3. The minimum Gasteiger partial charge on any atom is -0.508 e. The molecule has 1 saturated heterocycles. The fourth-order valence-corrected chi connectivity index (χ4v) is 5.78. The van der Waals surface area contributed by atoms with Gasteiger partial charge in [0.15, 0.2) is 6.29 Å². The molecule has 254 valence electrons. The predicted octanol–water partition coefficient (Wildman–Crippen LogP) is 4.65. The van der Waals surface area contributed by atoms with E-state index in [1.54, 1.807) is 24.3 Å². The first-order valence-electron chi connectivity index (χ1n) is 16.4. The van der Waals surface area contributed by atoms with E-state index in [4.69, 9.17) is 9.47 Å². The zero-order valence-corrected chi connectivity index (χ0v) is 27.6. The Hall–Kier alpha value is -3.80. The van der Waals surface area contributed by atoms with E-state index < -0.39 is 12.4 Å². The van der Waals surface area contributed by atoms with Gasteiger partial charge in [0, 0.05) is 51.0 Å². The molecule has 2 amide bonds. The van der Waals surface area contributed by atoms with Crippen LogP contribution in [0.3, 0.4) is 0 Å². The number of aliphatic hydroxyl groups excluding tert-OH is 2. The summed E-state index contributed by atoms with van der Waals surface area (Å²) in [5.74, 6) is 0.0526. The molecule has 10 nitrogen and oxygen atoms in total. The zero-order chi connectivity index (χ0) is 33.8. The maximum Gasteiger partial charge on any atom is 0.220 e. The van der Waals surface area contributed by atoms with Crippen LogP contribution in [0.25, 0.3) is 0 Å². The van der Waals surface area contributed by atoms with Crippen molar-refractivity contribution in [3.8, 4) is 5.75 Å². The molecule has 10 heteroatoms. The Morgan fingerprint density at radius 1 is 0.915 bits per heavy atom. The Bertz CT molecular complexity index is 1420. The number of aromatic hydroxyl groups is 1. The molecule has 1 aliphatic heterocycles. The highest BCUT2D eigenvalue weighted by Crippen LogP contribution is 2.42. The molecule has 3 aromatic carbocycles. The lowest BCUT2D eigenvalue weighted by atomic mass is 9.90. The number of rotatable bonds is 16. The summed E-state index contributed by atoms with van der Waals surface area (Å²) in [5.41, 5.74) is 4.28. The maximum absolute atomic E-state index is 12.3. The number of hydrogen-bond acceptors (Lipinski definition) is 8. The van der Waals surface area contributed by atoms with Crippen LogP contribution < -0.4 is 10.6 Å². The van der Waals surface area contributed by atoms with Gasteiger partial charge < -0.3 is 40.3 Å². The number of hydrogen-bond donors (Lipinski definition) is 5. The molecule has 5 atom stereocenters. The van der Waals surface area contributed by atoms with Gasteiger partial charge in [0.1, 0.15) is 5.75 Å². The minimum absolute atomic E-state index is 0.00209. The molecular formula is C37H49N3O7. The third kappa shape index (κ3) is 11.2. The Morgan fingerprint density at radius 3 is 2.30 bits per heavy atom. The van der Waals surface area contributed by atoms with E-state index in [1.807, 2.05) is 60.5 Å². The quantitative estimate of drug-likeness (QED) is 0.142. The third-order valence-electron chi connectivity index (χ3n) is 8.55. The van der Waals surface area contributed by atoms with Crippen molar-refractivity contribution in [1.82, 2.24) is 15.5 Å². The van der Waals surface area contributed by atoms with Crippen molar-refractivity contribution in [3.05, 3.63) is 101 Å². The number of carbonyl (C=O) groups is 2. The van der Waals surface area contributed by atoms with Gasteiger partial charge in [-0.25, -0.2) is 0 Å². The highest BCUT2D eigenvalue weighted by atomic mass is 16.7. The second-order valence-electron chi connectivity index (χ2n) is 12.5. The maximum atomic E-state index is 12.3. The number of carbonyl (C=O) groups excluding carboxylic acids is 2. The summed E-state index contributed by atoms with van der Waals surface area (Å²) >= 11 is 0. The third-order valence-corrected chi connectivity index (χ3v) is 8.55. The molecule has 0 aromatic heterocycles. The van der Waals surface area contributed by atoms with Crippen molar-refractivity contribution >= 4 is 11.8 Å². The number of nitrogens with zero attached hydrogens (tertiary/aromatic N) is 1. The van der Waals surface area contributed by atoms with Crippen LogP contribution in [-0.2, 0) is 32.2 Å². The predicted molar refractivity (Wildman–Crippen MR) is 179 cm³/mol. The first kappa shape index (κ1) is 36.0. The smallest absolute Gasteiger partial charge is 0.220 e. The largest absolute Gasteiger partial charge is 0.508 e. The fourth-order valence-electron chi connectivity index (χ4n) is 5.78. The van der Waals surface area contributed by atoms with E-state index in [0.717, 1.165) is 41.5 Å². The molecule has 1 fully saturated rings. The van der Waals surface area contributed by atoms with Crippen molar-refractivity contribution < 1.29 is 34.4 Å². The Kier molecular flexibility index (Phi) is 13.8. The lowest BCUT2D eigenvalue weighted by Gasteiger charge is -2.42. The summed E-state index contributed by atoms with van der Waals surface area (Å²) in [6.07, 6.45) is 1.04. The average Bonchev–Trinajstić information content (AvgIpc) is 3.06. The first-order chi connectivity index (χ1) is 22.6. The molecule has 47 heavy (non-hydrogen) atoms. The fraction of sp³-hybridized carbons (Fsp3) is 0.459. The number of amides is 2. The van der Waals surface area contributed by atoms with E-state index >= 15 is 0 Å². The normalized spacial score (nSPS) is 20.1. The molecule has 0 bridgehead atoms. The highest BCUT2D eigenvalue weighted by Gasteiger charge is 2.39. The van der Waals surface area contributed by atoms with Crippen LogP contribution in [0.2, 0.25) is 0 Å². The van der Waals surface area contributed by atoms with E-state index in [9.17, 15) is 24.9 Å². The van der Waals surface area contributed by atoms with Crippen LogP contribution in [0, 0.1) is 5.92 Å². The summed E-state index contributed by atoms with van der Waals surface area (Å²) in [6, 6.07) is 22.3. The summed E-state index contributed by atoms with van der Waals surface area (Å²) in [5, 5.41) is 36.0.